The van der Waals surface area contributed by atoms with E-state index >= 15 is 0 Å². The molecular weight excluding hydrogens is 1460 g/mol. The SMILES string of the molecule is C.C.N[C@@H]1C(=O)Cc2ncccc2[C@@H]2CC12.O=C(N[C@@H]1C(=O)Cc2ncccc2[C@@H]2CC12)c1n[nH]c(Cc2ccccc2)n1.O=C(N[C@@H]1C(=O)Cc2ncccc2[C@@H]2C[C@H]12)c1n[nH]c(Cc2ccccc2)n1.O=C(N[C@H]1C(=O)Cc2ncccc2[C@H]2C[C@H]21)c1n[nH]c(Cc2ccccc2)n1.O=C(O)c1n[nH]c(Cc2ccccc2)n1. The quantitative estimate of drug-likeness (QED) is 0.0464. The molecule has 0 saturated heterocycles. The van der Waals surface area contributed by atoms with E-state index in [1.807, 2.05) is 164 Å². The normalized spacial score (nSPS) is 22.1. The number of carboxylic acids is 1. The smallest absolute Gasteiger partial charge is 0.375 e. The molecule has 8 aliphatic carbocycles. The van der Waals surface area contributed by atoms with Gasteiger partial charge in [0.25, 0.3) is 23.5 Å². The predicted octanol–water partition coefficient (Wildman–Crippen LogP) is 8.46. The van der Waals surface area contributed by atoms with Crippen LogP contribution in [0.25, 0.3) is 0 Å². The largest absolute Gasteiger partial charge is 0.475 e. The molecule has 10 N–H and O–H groups in total. The number of hydrogen-bond acceptors (Lipinski definition) is 21. The van der Waals surface area contributed by atoms with Gasteiger partial charge in [0.05, 0.1) is 72.6 Å². The van der Waals surface area contributed by atoms with E-state index in [1.165, 1.54) is 5.56 Å². The zero-order valence-corrected chi connectivity index (χ0v) is 61.0. The molecule has 0 aliphatic heterocycles. The van der Waals surface area contributed by atoms with Crippen LogP contribution in [0.1, 0.15) is 197 Å². The highest BCUT2D eigenvalue weighted by molar-refractivity contribution is 5.99. The first-order valence-electron chi connectivity index (χ1n) is 37.7. The summed E-state index contributed by atoms with van der Waals surface area (Å²) in [5, 5.41) is 43.9. The summed E-state index contributed by atoms with van der Waals surface area (Å²) in [6.45, 7) is 0. The fourth-order valence-electron chi connectivity index (χ4n) is 15.8. The van der Waals surface area contributed by atoms with Gasteiger partial charge in [-0.05, 0) is 142 Å². The van der Waals surface area contributed by atoms with Crippen molar-refractivity contribution in [3.8, 4) is 0 Å². The van der Waals surface area contributed by atoms with Crippen LogP contribution in [0, 0.1) is 23.7 Å². The molecule has 8 aliphatic rings. The average Bonchev–Trinajstić information content (AvgIpc) is 1.67. The van der Waals surface area contributed by atoms with Crippen molar-refractivity contribution >= 4 is 46.8 Å². The third-order valence-corrected chi connectivity index (χ3v) is 21.8. The first-order valence-corrected chi connectivity index (χ1v) is 37.7. The molecule has 12 atom stereocenters. The van der Waals surface area contributed by atoms with Crippen molar-refractivity contribution < 1.29 is 43.5 Å². The molecular formula is C86H86N20O9. The van der Waals surface area contributed by atoms with E-state index in [0.717, 1.165) is 87.4 Å². The van der Waals surface area contributed by atoms with Crippen LogP contribution in [0.4, 0.5) is 0 Å². The Hall–Kier alpha value is -13.4. The molecule has 0 bridgehead atoms. The number of hydrogen-bond donors (Lipinski definition) is 9. The second-order valence-electron chi connectivity index (χ2n) is 29.5. The Balaban J connectivity index is 0.000000121. The first kappa shape index (κ1) is 78.3. The molecule has 8 heterocycles. The number of carboxylic acid groups (broad SMARTS) is 1. The number of carbonyl (C=O) groups is 8. The zero-order valence-electron chi connectivity index (χ0n) is 61.0. The number of benzene rings is 4. The monoisotopic (exact) mass is 1540 g/mol. The Bertz CT molecular complexity index is 5120. The van der Waals surface area contributed by atoms with Crippen molar-refractivity contribution in [2.75, 3.05) is 0 Å². The van der Waals surface area contributed by atoms with Crippen LogP contribution < -0.4 is 21.7 Å². The van der Waals surface area contributed by atoms with E-state index < -0.39 is 41.8 Å². The molecule has 4 saturated carbocycles. The van der Waals surface area contributed by atoms with Crippen molar-refractivity contribution in [1.29, 1.82) is 0 Å². The van der Waals surface area contributed by atoms with Crippen LogP contribution >= 0.6 is 0 Å². The lowest BCUT2D eigenvalue weighted by molar-refractivity contribution is -0.121. The van der Waals surface area contributed by atoms with Gasteiger partial charge in [-0.15, -0.1) is 20.4 Å². The summed E-state index contributed by atoms with van der Waals surface area (Å²) in [6, 6.07) is 53.2. The van der Waals surface area contributed by atoms with Crippen molar-refractivity contribution in [3.05, 3.63) is 309 Å². The van der Waals surface area contributed by atoms with E-state index in [1.54, 1.807) is 24.8 Å². The van der Waals surface area contributed by atoms with Crippen molar-refractivity contribution in [2.45, 2.75) is 140 Å². The van der Waals surface area contributed by atoms with Crippen molar-refractivity contribution in [1.82, 2.24) is 96.6 Å². The number of carbonyl (C=O) groups excluding carboxylic acids is 7. The topological polar surface area (TPSA) is 437 Å². The minimum Gasteiger partial charge on any atom is -0.475 e. The molecule has 0 radical (unpaired) electrons. The number of fused-ring (bicyclic) bond motifs is 12. The summed E-state index contributed by atoms with van der Waals surface area (Å²) < 4.78 is 0. The summed E-state index contributed by atoms with van der Waals surface area (Å²) >= 11 is 0. The third-order valence-electron chi connectivity index (χ3n) is 21.8. The Morgan fingerprint density at radius 2 is 0.600 bits per heavy atom. The van der Waals surface area contributed by atoms with Crippen LogP contribution in [0.15, 0.2) is 195 Å². The number of aromatic amines is 4. The second kappa shape index (κ2) is 34.7. The number of ketones is 4. The van der Waals surface area contributed by atoms with Crippen LogP contribution in [0.5, 0.6) is 0 Å². The van der Waals surface area contributed by atoms with Gasteiger partial charge in [-0.25, -0.2) is 24.7 Å². The Morgan fingerprint density at radius 1 is 0.348 bits per heavy atom. The van der Waals surface area contributed by atoms with Gasteiger partial charge in [0.1, 0.15) is 23.3 Å². The minimum absolute atomic E-state index is 0. The number of nitrogens with zero attached hydrogens (tertiary/aromatic N) is 12. The molecule has 0 spiro atoms. The average molecular weight is 1540 g/mol. The number of rotatable bonds is 15. The lowest BCUT2D eigenvalue weighted by atomic mass is 10.1. The standard InChI is InChI=1S/3C21H19N5O2.C11H12N2O.C10H9N3O2.2CH4/c3*27-17-11-16-13(7-4-8-22-16)14-10-15(14)19(17)24-21(28)20-23-18(25-26-20)9-12-5-2-1-3-6-12;12-11-8-4-7(8)6-2-1-3-13-9(6)5-10(11)14;14-10(15)9-11-8(12-13-9)6-7-4-2-1-3-5-7;;/h3*1-8,14-15,19H,9-11H2,(H,24,28)(H,23,25,26);1-3,7-8,11H,4-5,12H2;1-5H,6H2,(H,14,15)(H,11,12,13);2*1H4/t14-,15?,19-;2*14-,15-,19-;7-,8?,11-;;;/m0100.../s1. The number of amides is 3. The summed E-state index contributed by atoms with van der Waals surface area (Å²) in [4.78, 5) is 132. The van der Waals surface area contributed by atoms with Crippen molar-refractivity contribution in [2.24, 2.45) is 29.4 Å². The van der Waals surface area contributed by atoms with Gasteiger partial charge in [0, 0.05) is 50.5 Å². The van der Waals surface area contributed by atoms with Gasteiger partial charge in [-0.2, -0.15) is 0 Å². The third kappa shape index (κ3) is 18.4. The fourth-order valence-corrected chi connectivity index (χ4v) is 15.8. The molecule has 2 unspecified atom stereocenters. The highest BCUT2D eigenvalue weighted by Gasteiger charge is 2.54. The Kier molecular flexibility index (Phi) is 23.6. The van der Waals surface area contributed by atoms with Gasteiger partial charge >= 0.3 is 5.97 Å². The lowest BCUT2D eigenvalue weighted by Crippen LogP contribution is -2.43. The highest BCUT2D eigenvalue weighted by Crippen LogP contribution is 2.55. The number of nitrogens with one attached hydrogen (secondary N) is 7. The first-order chi connectivity index (χ1) is 55.1. The van der Waals surface area contributed by atoms with E-state index in [4.69, 9.17) is 10.8 Å². The molecule has 12 aromatic rings. The van der Waals surface area contributed by atoms with Crippen LogP contribution in [0.2, 0.25) is 0 Å². The number of H-pyrrole nitrogens is 4. The number of aromatic carboxylic acids is 1. The van der Waals surface area contributed by atoms with Crippen LogP contribution in [-0.4, -0.2) is 157 Å². The molecule has 584 valence electrons. The van der Waals surface area contributed by atoms with E-state index in [9.17, 15) is 38.4 Å². The number of Topliss-reactive ketones (excluding diaryl/α,β-unsaturated/α-hetero) is 4. The molecule has 4 fully saturated rings. The second-order valence-corrected chi connectivity index (χ2v) is 29.5. The Labute approximate surface area is 661 Å². The molecule has 29 heteroatoms. The maximum absolute atomic E-state index is 12.7. The molecule has 29 nitrogen and oxygen atoms in total. The predicted molar refractivity (Wildman–Crippen MR) is 420 cm³/mol. The van der Waals surface area contributed by atoms with Crippen LogP contribution in [-0.2, 0) is 70.5 Å². The van der Waals surface area contributed by atoms with Gasteiger partial charge in [0.15, 0.2) is 23.1 Å². The summed E-state index contributed by atoms with van der Waals surface area (Å²) in [5.41, 5.74) is 18.3. The number of aromatic nitrogens is 16. The highest BCUT2D eigenvalue weighted by atomic mass is 16.4. The van der Waals surface area contributed by atoms with Gasteiger partial charge < -0.3 is 26.8 Å². The number of nitrogens with two attached hydrogens (primary N) is 1. The lowest BCUT2D eigenvalue weighted by Gasteiger charge is -2.14. The zero-order chi connectivity index (χ0) is 77.6. The van der Waals surface area contributed by atoms with Gasteiger partial charge in [-0.3, -0.25) is 73.9 Å². The maximum Gasteiger partial charge on any atom is 0.375 e. The van der Waals surface area contributed by atoms with Crippen molar-refractivity contribution in [3.63, 3.8) is 0 Å². The maximum atomic E-state index is 12.7. The van der Waals surface area contributed by atoms with Crippen LogP contribution in [0.3, 0.4) is 0 Å². The fraction of sp³-hybridized carbons (Fsp3) is 0.302. The number of pyridine rings is 4. The summed E-state index contributed by atoms with van der Waals surface area (Å²) in [7, 11) is 0. The summed E-state index contributed by atoms with van der Waals surface area (Å²) in [6.07, 6.45) is 14.0. The molecule has 20 rings (SSSR count). The van der Waals surface area contributed by atoms with Gasteiger partial charge in [-0.1, -0.05) is 160 Å². The Morgan fingerprint density at radius 3 is 0.878 bits per heavy atom. The molecule has 8 aromatic heterocycles. The minimum atomic E-state index is -1.12. The molecule has 3 amide bonds. The van der Waals surface area contributed by atoms with E-state index in [2.05, 4.69) is 103 Å². The summed E-state index contributed by atoms with van der Waals surface area (Å²) in [5.74, 6) is 2.32. The van der Waals surface area contributed by atoms with E-state index in [-0.39, 0.29) is 104 Å². The van der Waals surface area contributed by atoms with Gasteiger partial charge in [0.2, 0.25) is 17.5 Å². The molecule has 4 aromatic carbocycles. The molecule has 115 heavy (non-hydrogen) atoms. The van der Waals surface area contributed by atoms with E-state index in [0.29, 0.717) is 85.0 Å².